The standard InChI is InChI=1S/C6H12F3NO/c1-3-5(11,4-10-2)6(7,8)9/h10-11H,3-4H2,1-2H3. The van der Waals surface area contributed by atoms with E-state index in [0.29, 0.717) is 0 Å². The highest BCUT2D eigenvalue weighted by Crippen LogP contribution is 2.32. The number of rotatable bonds is 3. The van der Waals surface area contributed by atoms with Gasteiger partial charge in [0.05, 0.1) is 0 Å². The van der Waals surface area contributed by atoms with Crippen LogP contribution in [0.15, 0.2) is 0 Å². The number of hydrogen-bond donors (Lipinski definition) is 2. The molecule has 0 bridgehead atoms. The summed E-state index contributed by atoms with van der Waals surface area (Å²) in [5.74, 6) is 0. The zero-order valence-electron chi connectivity index (χ0n) is 6.50. The van der Waals surface area contributed by atoms with Gasteiger partial charge in [0.2, 0.25) is 0 Å². The Labute approximate surface area is 63.4 Å². The van der Waals surface area contributed by atoms with E-state index in [4.69, 9.17) is 5.11 Å². The van der Waals surface area contributed by atoms with Gasteiger partial charge in [-0.15, -0.1) is 0 Å². The van der Waals surface area contributed by atoms with E-state index in [2.05, 4.69) is 5.32 Å². The SMILES string of the molecule is CCC(O)(CNC)C(F)(F)F. The number of halogens is 3. The Morgan fingerprint density at radius 3 is 1.91 bits per heavy atom. The zero-order chi connectivity index (χ0) is 9.12. The van der Waals surface area contributed by atoms with Crippen LogP contribution < -0.4 is 5.32 Å². The number of nitrogens with one attached hydrogen (secondary N) is 1. The Kier molecular flexibility index (Phi) is 3.31. The predicted octanol–water partition coefficient (Wildman–Crippen LogP) is 0.909. The van der Waals surface area contributed by atoms with E-state index in [1.807, 2.05) is 0 Å². The van der Waals surface area contributed by atoms with Gasteiger partial charge in [-0.25, -0.2) is 0 Å². The molecule has 1 atom stereocenters. The summed E-state index contributed by atoms with van der Waals surface area (Å²) in [7, 11) is 1.37. The molecule has 0 radical (unpaired) electrons. The van der Waals surface area contributed by atoms with Gasteiger partial charge in [0, 0.05) is 6.54 Å². The van der Waals surface area contributed by atoms with E-state index in [1.165, 1.54) is 14.0 Å². The van der Waals surface area contributed by atoms with Crippen molar-refractivity contribution in [2.24, 2.45) is 0 Å². The van der Waals surface area contributed by atoms with Crippen LogP contribution >= 0.6 is 0 Å². The lowest BCUT2D eigenvalue weighted by molar-refractivity contribution is -0.258. The third-order valence-corrected chi connectivity index (χ3v) is 1.58. The van der Waals surface area contributed by atoms with Gasteiger partial charge in [-0.1, -0.05) is 6.92 Å². The Morgan fingerprint density at radius 1 is 1.36 bits per heavy atom. The number of aliphatic hydroxyl groups is 1. The van der Waals surface area contributed by atoms with Crippen LogP contribution in [0.4, 0.5) is 13.2 Å². The normalized spacial score (nSPS) is 18.0. The molecule has 68 valence electrons. The van der Waals surface area contributed by atoms with Crippen molar-refractivity contribution in [1.29, 1.82) is 0 Å². The smallest absolute Gasteiger partial charge is 0.379 e. The summed E-state index contributed by atoms with van der Waals surface area (Å²) in [5.41, 5.74) is -2.58. The lowest BCUT2D eigenvalue weighted by Gasteiger charge is -2.28. The maximum Gasteiger partial charge on any atom is 0.418 e. The molecular formula is C6H12F3NO. The van der Waals surface area contributed by atoms with E-state index in [1.54, 1.807) is 0 Å². The molecule has 0 rings (SSSR count). The zero-order valence-corrected chi connectivity index (χ0v) is 6.50. The topological polar surface area (TPSA) is 32.3 Å². The lowest BCUT2D eigenvalue weighted by Crippen LogP contribution is -2.51. The highest BCUT2D eigenvalue weighted by Gasteiger charge is 2.51. The van der Waals surface area contributed by atoms with E-state index >= 15 is 0 Å². The fraction of sp³-hybridized carbons (Fsp3) is 1.00. The van der Waals surface area contributed by atoms with Gasteiger partial charge in [0.25, 0.3) is 0 Å². The summed E-state index contributed by atoms with van der Waals surface area (Å²) in [4.78, 5) is 0. The molecule has 11 heavy (non-hydrogen) atoms. The molecule has 0 fully saturated rings. The first kappa shape index (κ1) is 10.7. The van der Waals surface area contributed by atoms with Crippen molar-refractivity contribution in [2.45, 2.75) is 25.1 Å². The molecule has 0 amide bonds. The van der Waals surface area contributed by atoms with Crippen LogP contribution in [0.3, 0.4) is 0 Å². The minimum absolute atomic E-state index is 0.336. The van der Waals surface area contributed by atoms with Crippen LogP contribution in [0.2, 0.25) is 0 Å². The Balaban J connectivity index is 4.33. The quantitative estimate of drug-likeness (QED) is 0.661. The molecule has 0 aromatic rings. The van der Waals surface area contributed by atoms with Crippen LogP contribution in [0.1, 0.15) is 13.3 Å². The molecule has 0 aliphatic rings. The van der Waals surface area contributed by atoms with Gasteiger partial charge < -0.3 is 10.4 Å². The summed E-state index contributed by atoms with van der Waals surface area (Å²) in [6, 6.07) is 0. The van der Waals surface area contributed by atoms with Gasteiger partial charge in [-0.3, -0.25) is 0 Å². The van der Waals surface area contributed by atoms with Gasteiger partial charge in [0.15, 0.2) is 5.60 Å². The highest BCUT2D eigenvalue weighted by atomic mass is 19.4. The first-order valence-corrected chi connectivity index (χ1v) is 3.31. The number of hydrogen-bond acceptors (Lipinski definition) is 2. The second kappa shape index (κ2) is 3.40. The van der Waals surface area contributed by atoms with Crippen LogP contribution in [0.5, 0.6) is 0 Å². The van der Waals surface area contributed by atoms with Gasteiger partial charge in [0.1, 0.15) is 0 Å². The molecule has 1 unspecified atom stereocenters. The van der Waals surface area contributed by atoms with Crippen LogP contribution in [0, 0.1) is 0 Å². The van der Waals surface area contributed by atoms with E-state index < -0.39 is 18.3 Å². The van der Waals surface area contributed by atoms with Gasteiger partial charge in [-0.05, 0) is 13.5 Å². The van der Waals surface area contributed by atoms with Gasteiger partial charge in [-0.2, -0.15) is 13.2 Å². The average Bonchev–Trinajstić information content (AvgIpc) is 1.86. The van der Waals surface area contributed by atoms with Crippen molar-refractivity contribution in [3.05, 3.63) is 0 Å². The molecule has 0 heterocycles. The molecule has 0 spiro atoms. The van der Waals surface area contributed by atoms with E-state index in [0.717, 1.165) is 0 Å². The third-order valence-electron chi connectivity index (χ3n) is 1.58. The van der Waals surface area contributed by atoms with Crippen molar-refractivity contribution in [1.82, 2.24) is 5.32 Å². The summed E-state index contributed by atoms with van der Waals surface area (Å²) < 4.78 is 36.0. The molecule has 5 heteroatoms. The maximum atomic E-state index is 12.0. The van der Waals surface area contributed by atoms with E-state index in [9.17, 15) is 13.2 Å². The first-order valence-electron chi connectivity index (χ1n) is 3.31. The Morgan fingerprint density at radius 2 is 1.82 bits per heavy atom. The molecule has 0 saturated carbocycles. The second-order valence-electron chi connectivity index (χ2n) is 2.41. The molecule has 2 nitrogen and oxygen atoms in total. The minimum atomic E-state index is -4.55. The van der Waals surface area contributed by atoms with Crippen molar-refractivity contribution in [3.8, 4) is 0 Å². The summed E-state index contributed by atoms with van der Waals surface area (Å²) >= 11 is 0. The van der Waals surface area contributed by atoms with Gasteiger partial charge >= 0.3 is 6.18 Å². The van der Waals surface area contributed by atoms with Crippen molar-refractivity contribution in [3.63, 3.8) is 0 Å². The Hall–Kier alpha value is -0.290. The minimum Gasteiger partial charge on any atom is -0.379 e. The number of alkyl halides is 3. The molecule has 0 aromatic heterocycles. The predicted molar refractivity (Wildman–Crippen MR) is 35.2 cm³/mol. The molecule has 0 aliphatic carbocycles. The summed E-state index contributed by atoms with van der Waals surface area (Å²) in [6.07, 6.45) is -4.89. The highest BCUT2D eigenvalue weighted by molar-refractivity contribution is 4.86. The van der Waals surface area contributed by atoms with Crippen molar-refractivity contribution >= 4 is 0 Å². The molecule has 0 aliphatic heterocycles. The summed E-state index contributed by atoms with van der Waals surface area (Å²) in [6.45, 7) is 0.831. The van der Waals surface area contributed by atoms with Crippen LogP contribution in [0.25, 0.3) is 0 Å². The second-order valence-corrected chi connectivity index (χ2v) is 2.41. The van der Waals surface area contributed by atoms with Crippen LogP contribution in [-0.4, -0.2) is 30.5 Å². The molecule has 0 saturated heterocycles. The molecule has 2 N–H and O–H groups in total. The van der Waals surface area contributed by atoms with Crippen molar-refractivity contribution in [2.75, 3.05) is 13.6 Å². The van der Waals surface area contributed by atoms with E-state index in [-0.39, 0.29) is 6.42 Å². The monoisotopic (exact) mass is 171 g/mol. The number of likely N-dealkylation sites (N-methyl/N-ethyl adjacent to an activating group) is 1. The van der Waals surface area contributed by atoms with Crippen molar-refractivity contribution < 1.29 is 18.3 Å². The summed E-state index contributed by atoms with van der Waals surface area (Å²) in [5, 5.41) is 11.3. The fourth-order valence-corrected chi connectivity index (χ4v) is 0.718. The lowest BCUT2D eigenvalue weighted by atomic mass is 10.0. The fourth-order valence-electron chi connectivity index (χ4n) is 0.718. The molecular weight excluding hydrogens is 159 g/mol. The maximum absolute atomic E-state index is 12.0. The van der Waals surface area contributed by atoms with Crippen LogP contribution in [-0.2, 0) is 0 Å². The molecule has 0 aromatic carbocycles. The third kappa shape index (κ3) is 2.34. The Bertz CT molecular complexity index is 125. The largest absolute Gasteiger partial charge is 0.418 e. The first-order chi connectivity index (χ1) is 4.87. The average molecular weight is 171 g/mol.